The summed E-state index contributed by atoms with van der Waals surface area (Å²) in [5, 5.41) is 0. The molecular formula is C8H9BrOS. The number of hydrogen-bond acceptors (Lipinski definition) is 2. The van der Waals surface area contributed by atoms with Gasteiger partial charge in [-0.15, -0.1) is 0 Å². The van der Waals surface area contributed by atoms with Crippen LogP contribution in [0.5, 0.6) is 5.75 Å². The van der Waals surface area contributed by atoms with Crippen LogP contribution >= 0.6 is 25.0 Å². The van der Waals surface area contributed by atoms with Gasteiger partial charge in [0, 0.05) is 4.90 Å². The minimum Gasteiger partial charge on any atom is -0.494 e. The first-order chi connectivity index (χ1) is 5.36. The molecule has 0 heterocycles. The molecule has 0 unspecified atom stereocenters. The fourth-order valence-electron chi connectivity index (χ4n) is 0.754. The summed E-state index contributed by atoms with van der Waals surface area (Å²) in [5.74, 6) is 0.929. The van der Waals surface area contributed by atoms with Crippen molar-refractivity contribution in [3.8, 4) is 5.75 Å². The van der Waals surface area contributed by atoms with E-state index in [1.54, 1.807) is 10.2 Å². The number of benzene rings is 1. The van der Waals surface area contributed by atoms with E-state index in [4.69, 9.17) is 4.74 Å². The summed E-state index contributed by atoms with van der Waals surface area (Å²) >= 11 is 3.30. The van der Waals surface area contributed by atoms with Crippen LogP contribution in [0.15, 0.2) is 29.2 Å². The number of hydrogen-bond donors (Lipinski definition) is 0. The van der Waals surface area contributed by atoms with Crippen molar-refractivity contribution in [1.29, 1.82) is 0 Å². The fourth-order valence-corrected chi connectivity index (χ4v) is 1.64. The van der Waals surface area contributed by atoms with Crippen LogP contribution in [0.4, 0.5) is 0 Å². The van der Waals surface area contributed by atoms with E-state index in [0.717, 1.165) is 12.4 Å². The first-order valence-electron chi connectivity index (χ1n) is 3.38. The average Bonchev–Trinajstić information content (AvgIpc) is 2.07. The zero-order chi connectivity index (χ0) is 8.10. The third kappa shape index (κ3) is 2.75. The Bertz CT molecular complexity index is 210. The summed E-state index contributed by atoms with van der Waals surface area (Å²) in [4.78, 5) is 1.19. The lowest BCUT2D eigenvalue weighted by Crippen LogP contribution is -1.89. The molecule has 0 N–H and O–H groups in total. The molecule has 0 spiro atoms. The SMILES string of the molecule is CCOc1ccc(SBr)cc1. The van der Waals surface area contributed by atoms with Crippen molar-refractivity contribution in [1.82, 2.24) is 0 Å². The Balaban J connectivity index is 2.66. The summed E-state index contributed by atoms with van der Waals surface area (Å²) in [6.07, 6.45) is 0. The number of ether oxygens (including phenoxy) is 1. The molecule has 60 valence electrons. The molecule has 1 aromatic rings. The molecular weight excluding hydrogens is 224 g/mol. The molecule has 0 radical (unpaired) electrons. The lowest BCUT2D eigenvalue weighted by molar-refractivity contribution is 0.340. The van der Waals surface area contributed by atoms with E-state index in [1.807, 2.05) is 31.2 Å². The van der Waals surface area contributed by atoms with Gasteiger partial charge < -0.3 is 4.74 Å². The summed E-state index contributed by atoms with van der Waals surface area (Å²) in [5.41, 5.74) is 0. The molecule has 0 aliphatic rings. The van der Waals surface area contributed by atoms with E-state index in [-0.39, 0.29) is 0 Å². The van der Waals surface area contributed by atoms with Crippen LogP contribution in [0.3, 0.4) is 0 Å². The van der Waals surface area contributed by atoms with Crippen LogP contribution in [0.25, 0.3) is 0 Å². The summed E-state index contributed by atoms with van der Waals surface area (Å²) in [7, 11) is 1.55. The summed E-state index contributed by atoms with van der Waals surface area (Å²) < 4.78 is 5.28. The van der Waals surface area contributed by atoms with Crippen molar-refractivity contribution in [3.63, 3.8) is 0 Å². The van der Waals surface area contributed by atoms with Gasteiger partial charge in [-0.2, -0.15) is 0 Å². The lowest BCUT2D eigenvalue weighted by Gasteiger charge is -2.01. The minimum absolute atomic E-state index is 0.723. The van der Waals surface area contributed by atoms with Gasteiger partial charge in [-0.05, 0) is 56.2 Å². The summed E-state index contributed by atoms with van der Waals surface area (Å²) in [6.45, 7) is 2.70. The maximum absolute atomic E-state index is 5.28. The standard InChI is InChI=1S/C8H9BrOS/c1-2-10-7-3-5-8(11-9)6-4-7/h3-6H,2H2,1H3. The molecule has 1 nitrogen and oxygen atoms in total. The minimum atomic E-state index is 0.723. The zero-order valence-corrected chi connectivity index (χ0v) is 8.61. The largest absolute Gasteiger partial charge is 0.494 e. The Morgan fingerprint density at radius 3 is 2.45 bits per heavy atom. The van der Waals surface area contributed by atoms with E-state index in [9.17, 15) is 0 Å². The maximum Gasteiger partial charge on any atom is 0.119 e. The van der Waals surface area contributed by atoms with Crippen LogP contribution in [-0.4, -0.2) is 6.61 Å². The predicted octanol–water partition coefficient (Wildman–Crippen LogP) is 3.49. The molecule has 1 rings (SSSR count). The van der Waals surface area contributed by atoms with Crippen LogP contribution < -0.4 is 4.74 Å². The molecule has 0 aliphatic carbocycles. The highest BCUT2D eigenvalue weighted by Crippen LogP contribution is 2.25. The van der Waals surface area contributed by atoms with Gasteiger partial charge in [-0.1, -0.05) is 0 Å². The van der Waals surface area contributed by atoms with Gasteiger partial charge in [0.25, 0.3) is 0 Å². The highest BCUT2D eigenvalue weighted by atomic mass is 79.9. The third-order valence-corrected chi connectivity index (χ3v) is 2.80. The molecule has 0 saturated carbocycles. The third-order valence-electron chi connectivity index (χ3n) is 1.22. The van der Waals surface area contributed by atoms with E-state index in [2.05, 4.69) is 14.8 Å². The predicted molar refractivity (Wildman–Crippen MR) is 52.4 cm³/mol. The molecule has 0 fully saturated rings. The van der Waals surface area contributed by atoms with Gasteiger partial charge in [0.1, 0.15) is 5.75 Å². The highest BCUT2D eigenvalue weighted by molar-refractivity contribution is 9.50. The zero-order valence-electron chi connectivity index (χ0n) is 6.21. The second-order valence-corrected chi connectivity index (χ2v) is 3.58. The fraction of sp³-hybridized carbons (Fsp3) is 0.250. The van der Waals surface area contributed by atoms with Gasteiger partial charge in [0.2, 0.25) is 0 Å². The molecule has 1 aromatic carbocycles. The number of halogens is 1. The van der Waals surface area contributed by atoms with E-state index >= 15 is 0 Å². The normalized spacial score (nSPS) is 9.64. The first kappa shape index (κ1) is 8.94. The van der Waals surface area contributed by atoms with Crippen molar-refractivity contribution >= 4 is 25.0 Å². The van der Waals surface area contributed by atoms with Crippen LogP contribution in [0.1, 0.15) is 6.92 Å². The molecule has 3 heteroatoms. The van der Waals surface area contributed by atoms with Crippen molar-refractivity contribution in [3.05, 3.63) is 24.3 Å². The van der Waals surface area contributed by atoms with Crippen LogP contribution in [0, 0.1) is 0 Å². The average molecular weight is 233 g/mol. The Morgan fingerprint density at radius 2 is 2.00 bits per heavy atom. The van der Waals surface area contributed by atoms with Crippen molar-refractivity contribution < 1.29 is 4.74 Å². The molecule has 0 bridgehead atoms. The Kier molecular flexibility index (Phi) is 3.80. The monoisotopic (exact) mass is 232 g/mol. The van der Waals surface area contributed by atoms with Crippen LogP contribution in [0.2, 0.25) is 0 Å². The lowest BCUT2D eigenvalue weighted by atomic mass is 10.3. The van der Waals surface area contributed by atoms with Gasteiger partial charge >= 0.3 is 0 Å². The maximum atomic E-state index is 5.28. The van der Waals surface area contributed by atoms with Crippen molar-refractivity contribution in [2.45, 2.75) is 11.8 Å². The van der Waals surface area contributed by atoms with Gasteiger partial charge in [-0.25, -0.2) is 0 Å². The van der Waals surface area contributed by atoms with Crippen molar-refractivity contribution in [2.75, 3.05) is 6.61 Å². The second kappa shape index (κ2) is 4.67. The quantitative estimate of drug-likeness (QED) is 0.790. The van der Waals surface area contributed by atoms with Crippen LogP contribution in [-0.2, 0) is 0 Å². The van der Waals surface area contributed by atoms with Gasteiger partial charge in [-0.3, -0.25) is 0 Å². The van der Waals surface area contributed by atoms with E-state index < -0.39 is 0 Å². The summed E-state index contributed by atoms with van der Waals surface area (Å²) in [6, 6.07) is 7.97. The Labute approximate surface area is 78.3 Å². The topological polar surface area (TPSA) is 9.23 Å². The molecule has 0 saturated heterocycles. The Hall–Kier alpha value is -0.150. The van der Waals surface area contributed by atoms with E-state index in [1.165, 1.54) is 4.90 Å². The Morgan fingerprint density at radius 1 is 1.36 bits per heavy atom. The second-order valence-electron chi connectivity index (χ2n) is 1.98. The van der Waals surface area contributed by atoms with E-state index in [0.29, 0.717) is 0 Å². The number of rotatable bonds is 3. The molecule has 0 atom stereocenters. The van der Waals surface area contributed by atoms with Crippen molar-refractivity contribution in [2.24, 2.45) is 0 Å². The molecule has 0 aromatic heterocycles. The molecule has 0 aliphatic heterocycles. The molecule has 0 amide bonds. The van der Waals surface area contributed by atoms with Gasteiger partial charge in [0.15, 0.2) is 0 Å². The highest BCUT2D eigenvalue weighted by Gasteiger charge is 1.92. The first-order valence-corrected chi connectivity index (χ1v) is 6.04. The van der Waals surface area contributed by atoms with Gasteiger partial charge in [0.05, 0.1) is 6.61 Å². The smallest absolute Gasteiger partial charge is 0.119 e. The molecule has 11 heavy (non-hydrogen) atoms.